The Morgan fingerprint density at radius 2 is 1.79 bits per heavy atom. The molecule has 2 aromatic rings. The summed E-state index contributed by atoms with van der Waals surface area (Å²) < 4.78 is 66.3. The van der Waals surface area contributed by atoms with Gasteiger partial charge in [0.1, 0.15) is 10.6 Å². The molecule has 156 valence electrons. The van der Waals surface area contributed by atoms with Gasteiger partial charge in [-0.25, -0.2) is 8.42 Å². The fourth-order valence-corrected chi connectivity index (χ4v) is 4.46. The third kappa shape index (κ3) is 4.39. The van der Waals surface area contributed by atoms with Crippen LogP contribution < -0.4 is 10.1 Å². The molecule has 1 amide bonds. The molecule has 0 unspecified atom stereocenters. The maximum Gasteiger partial charge on any atom is 0.350 e. The van der Waals surface area contributed by atoms with Crippen LogP contribution in [0.1, 0.15) is 5.56 Å². The molecule has 1 saturated heterocycles. The molecule has 1 fully saturated rings. The molecule has 0 spiro atoms. The summed E-state index contributed by atoms with van der Waals surface area (Å²) in [5.74, 6) is -5.31. The number of hydrogen-bond donors (Lipinski definition) is 1. The van der Waals surface area contributed by atoms with Gasteiger partial charge >= 0.3 is 5.92 Å². The fraction of sp³-hybridized carbons (Fsp3) is 0.316. The first kappa shape index (κ1) is 21.2. The Morgan fingerprint density at radius 1 is 1.14 bits per heavy atom. The molecule has 0 saturated carbocycles. The smallest absolute Gasteiger partial charge is 0.350 e. The van der Waals surface area contributed by atoms with Gasteiger partial charge in [-0.1, -0.05) is 30.3 Å². The van der Waals surface area contributed by atoms with Gasteiger partial charge in [0.2, 0.25) is 10.0 Å². The number of sulfonamides is 1. The molecular weight excluding hydrogens is 406 g/mol. The van der Waals surface area contributed by atoms with E-state index in [0.717, 1.165) is 18.2 Å². The first-order valence-corrected chi connectivity index (χ1v) is 10.2. The van der Waals surface area contributed by atoms with Crippen LogP contribution >= 0.6 is 0 Å². The van der Waals surface area contributed by atoms with E-state index < -0.39 is 27.4 Å². The Balaban J connectivity index is 1.90. The highest BCUT2D eigenvalue weighted by molar-refractivity contribution is 7.89. The van der Waals surface area contributed by atoms with Crippen molar-refractivity contribution in [3.8, 4) is 5.75 Å². The summed E-state index contributed by atoms with van der Waals surface area (Å²) in [5, 5.41) is 2.10. The van der Waals surface area contributed by atoms with E-state index in [0.29, 0.717) is 0 Å². The number of ether oxygens (including phenoxy) is 2. The minimum absolute atomic E-state index is 0.0457. The summed E-state index contributed by atoms with van der Waals surface area (Å²) in [6.07, 6.45) is 0. The number of benzene rings is 2. The summed E-state index contributed by atoms with van der Waals surface area (Å²) in [4.78, 5) is 12.0. The number of carbonyl (C=O) groups is 1. The molecule has 0 bridgehead atoms. The first-order chi connectivity index (χ1) is 13.8. The highest BCUT2D eigenvalue weighted by Gasteiger charge is 2.41. The normalized spacial score (nSPS) is 15.7. The van der Waals surface area contributed by atoms with Gasteiger partial charge in [-0.2, -0.15) is 13.1 Å². The van der Waals surface area contributed by atoms with Crippen molar-refractivity contribution in [2.45, 2.75) is 10.8 Å². The van der Waals surface area contributed by atoms with Gasteiger partial charge in [0.15, 0.2) is 0 Å². The van der Waals surface area contributed by atoms with Crippen LogP contribution in [0.5, 0.6) is 5.75 Å². The van der Waals surface area contributed by atoms with Gasteiger partial charge in [-0.05, 0) is 18.2 Å². The summed E-state index contributed by atoms with van der Waals surface area (Å²) >= 11 is 0. The van der Waals surface area contributed by atoms with Crippen LogP contribution in [0.4, 0.5) is 14.5 Å². The van der Waals surface area contributed by atoms with Crippen LogP contribution in [0.25, 0.3) is 0 Å². The fourth-order valence-electron chi connectivity index (χ4n) is 2.87. The van der Waals surface area contributed by atoms with Crippen LogP contribution in [0, 0.1) is 0 Å². The lowest BCUT2D eigenvalue weighted by Gasteiger charge is -2.27. The highest BCUT2D eigenvalue weighted by Crippen LogP contribution is 2.33. The van der Waals surface area contributed by atoms with E-state index >= 15 is 0 Å². The SMILES string of the molecule is COc1ccc(NC(=O)C(F)(F)c2ccccc2)cc1S(=O)(=O)N1CCOCC1. The second kappa shape index (κ2) is 8.44. The number of halogens is 2. The summed E-state index contributed by atoms with van der Waals surface area (Å²) in [6.45, 7) is 0.824. The lowest BCUT2D eigenvalue weighted by atomic mass is 10.1. The molecule has 7 nitrogen and oxygen atoms in total. The third-order valence-electron chi connectivity index (χ3n) is 4.43. The quantitative estimate of drug-likeness (QED) is 0.767. The molecule has 29 heavy (non-hydrogen) atoms. The van der Waals surface area contributed by atoms with Crippen molar-refractivity contribution < 1.29 is 31.5 Å². The Kier molecular flexibility index (Phi) is 6.15. The molecule has 10 heteroatoms. The molecule has 1 heterocycles. The minimum Gasteiger partial charge on any atom is -0.495 e. The molecular formula is C19H20F2N2O5S. The van der Waals surface area contributed by atoms with Crippen molar-refractivity contribution in [3.05, 3.63) is 54.1 Å². The summed E-state index contributed by atoms with van der Waals surface area (Å²) in [6, 6.07) is 10.4. The van der Waals surface area contributed by atoms with Gasteiger partial charge in [0, 0.05) is 24.3 Å². The topological polar surface area (TPSA) is 84.9 Å². The van der Waals surface area contributed by atoms with Crippen molar-refractivity contribution in [1.82, 2.24) is 4.31 Å². The summed E-state index contributed by atoms with van der Waals surface area (Å²) in [7, 11) is -2.66. The Bertz CT molecular complexity index is 977. The minimum atomic E-state index is -3.96. The monoisotopic (exact) mass is 426 g/mol. The number of morpholine rings is 1. The van der Waals surface area contributed by atoms with Crippen molar-refractivity contribution in [3.63, 3.8) is 0 Å². The van der Waals surface area contributed by atoms with E-state index in [-0.39, 0.29) is 42.6 Å². The van der Waals surface area contributed by atoms with E-state index in [2.05, 4.69) is 5.32 Å². The number of hydrogen-bond acceptors (Lipinski definition) is 5. The van der Waals surface area contributed by atoms with Crippen molar-refractivity contribution in [2.24, 2.45) is 0 Å². The zero-order valence-corrected chi connectivity index (χ0v) is 16.4. The highest BCUT2D eigenvalue weighted by atomic mass is 32.2. The summed E-state index contributed by atoms with van der Waals surface area (Å²) in [5.41, 5.74) is -0.551. The van der Waals surface area contributed by atoms with Gasteiger partial charge in [-0.3, -0.25) is 4.79 Å². The second-order valence-corrected chi connectivity index (χ2v) is 8.18. The zero-order chi connectivity index (χ0) is 21.1. The van der Waals surface area contributed by atoms with Crippen molar-refractivity contribution >= 4 is 21.6 Å². The van der Waals surface area contributed by atoms with E-state index in [4.69, 9.17) is 9.47 Å². The van der Waals surface area contributed by atoms with E-state index in [1.165, 1.54) is 35.7 Å². The first-order valence-electron chi connectivity index (χ1n) is 8.77. The van der Waals surface area contributed by atoms with Gasteiger partial charge in [-0.15, -0.1) is 0 Å². The maximum absolute atomic E-state index is 14.4. The number of alkyl halides is 2. The number of carbonyl (C=O) groups excluding carboxylic acids is 1. The lowest BCUT2D eigenvalue weighted by Crippen LogP contribution is -2.40. The average molecular weight is 426 g/mol. The number of nitrogens with zero attached hydrogens (tertiary/aromatic N) is 1. The van der Waals surface area contributed by atoms with E-state index in [9.17, 15) is 22.0 Å². The molecule has 3 rings (SSSR count). The van der Waals surface area contributed by atoms with Crippen LogP contribution in [-0.2, 0) is 25.5 Å². The standard InChI is InChI=1S/C19H20F2N2O5S/c1-27-16-8-7-15(13-17(16)29(25,26)23-9-11-28-12-10-23)22-18(24)19(20,21)14-5-3-2-4-6-14/h2-8,13H,9-12H2,1H3,(H,22,24). The van der Waals surface area contributed by atoms with Crippen molar-refractivity contribution in [2.75, 3.05) is 38.7 Å². The maximum atomic E-state index is 14.4. The van der Waals surface area contributed by atoms with E-state index in [1.807, 2.05) is 0 Å². The number of nitrogens with one attached hydrogen (secondary N) is 1. The molecule has 1 aliphatic rings. The van der Waals surface area contributed by atoms with Gasteiger partial charge in [0.25, 0.3) is 5.91 Å². The number of rotatable bonds is 6. The second-order valence-electron chi connectivity index (χ2n) is 6.28. The van der Waals surface area contributed by atoms with Crippen molar-refractivity contribution in [1.29, 1.82) is 0 Å². The molecule has 0 atom stereocenters. The average Bonchev–Trinajstić information content (AvgIpc) is 2.75. The number of amides is 1. The van der Waals surface area contributed by atoms with Crippen LogP contribution in [-0.4, -0.2) is 52.0 Å². The third-order valence-corrected chi connectivity index (χ3v) is 6.35. The van der Waals surface area contributed by atoms with Crippen LogP contribution in [0.3, 0.4) is 0 Å². The van der Waals surface area contributed by atoms with Gasteiger partial charge in [0.05, 0.1) is 20.3 Å². The van der Waals surface area contributed by atoms with Crippen LogP contribution in [0.15, 0.2) is 53.4 Å². The van der Waals surface area contributed by atoms with Gasteiger partial charge < -0.3 is 14.8 Å². The predicted molar refractivity (Wildman–Crippen MR) is 102 cm³/mol. The molecule has 1 aliphatic heterocycles. The largest absolute Gasteiger partial charge is 0.495 e. The number of anilines is 1. The van der Waals surface area contributed by atoms with E-state index in [1.54, 1.807) is 6.07 Å². The molecule has 0 aliphatic carbocycles. The van der Waals surface area contributed by atoms with Crippen LogP contribution in [0.2, 0.25) is 0 Å². The predicted octanol–water partition coefficient (Wildman–Crippen LogP) is 2.45. The molecule has 2 aromatic carbocycles. The number of methoxy groups -OCH3 is 1. The Hall–Kier alpha value is -2.56. The molecule has 1 N–H and O–H groups in total. The molecule has 0 aromatic heterocycles. The zero-order valence-electron chi connectivity index (χ0n) is 15.6. The molecule has 0 radical (unpaired) electrons. The Morgan fingerprint density at radius 3 is 2.41 bits per heavy atom. The Labute approximate surface area is 167 Å². The lowest BCUT2D eigenvalue weighted by molar-refractivity contribution is -0.140.